The van der Waals surface area contributed by atoms with Crippen LogP contribution in [0.1, 0.15) is 37.1 Å². The highest BCUT2D eigenvalue weighted by Crippen LogP contribution is 2.32. The van der Waals surface area contributed by atoms with Gasteiger partial charge in [0.05, 0.1) is 19.5 Å². The number of rotatable bonds is 9. The van der Waals surface area contributed by atoms with E-state index >= 15 is 0 Å². The van der Waals surface area contributed by atoms with Crippen LogP contribution in [-0.4, -0.2) is 66.4 Å². The number of aliphatic hydroxyl groups is 3. The Morgan fingerprint density at radius 3 is 2.56 bits per heavy atom. The van der Waals surface area contributed by atoms with Crippen LogP contribution in [0.25, 0.3) is 11.2 Å². The normalized spacial score (nSPS) is 23.1. The molecule has 4 atom stereocenters. The van der Waals surface area contributed by atoms with Crippen molar-refractivity contribution >= 4 is 17.0 Å². The zero-order valence-electron chi connectivity index (χ0n) is 18.0. The maximum absolute atomic E-state index is 10.3. The molecule has 0 amide bonds. The highest BCUT2D eigenvalue weighted by atomic mass is 16.6. The maximum atomic E-state index is 10.3. The first-order valence-corrected chi connectivity index (χ1v) is 10.9. The molecule has 2 aromatic heterocycles. The summed E-state index contributed by atoms with van der Waals surface area (Å²) in [7, 11) is 0. The third-order valence-corrected chi connectivity index (χ3v) is 5.74. The summed E-state index contributed by atoms with van der Waals surface area (Å²) in [6.07, 6.45) is 1.05. The topological polar surface area (TPSA) is 149 Å². The minimum absolute atomic E-state index is 0.0922. The van der Waals surface area contributed by atoms with Gasteiger partial charge in [0.1, 0.15) is 18.3 Å². The largest absolute Gasteiger partial charge is 0.463 e. The number of unbranched alkanes of at least 4 members (excludes halogenated alkanes) is 1. The van der Waals surface area contributed by atoms with Crippen LogP contribution in [0.15, 0.2) is 30.6 Å². The summed E-state index contributed by atoms with van der Waals surface area (Å²) in [5.74, 6) is 0.138. The Balaban J connectivity index is 1.51. The van der Waals surface area contributed by atoms with Crippen molar-refractivity contribution in [2.45, 2.75) is 57.1 Å². The number of nitrogens with zero attached hydrogens (tertiary/aromatic N) is 4. The van der Waals surface area contributed by atoms with Crippen LogP contribution < -0.4 is 10.5 Å². The first-order valence-electron chi connectivity index (χ1n) is 10.9. The molecule has 0 bridgehead atoms. The van der Waals surface area contributed by atoms with Gasteiger partial charge < -0.3 is 30.5 Å². The summed E-state index contributed by atoms with van der Waals surface area (Å²) in [5, 5.41) is 29.7. The quantitative estimate of drug-likeness (QED) is 0.380. The Labute approximate surface area is 185 Å². The van der Waals surface area contributed by atoms with E-state index in [-0.39, 0.29) is 11.8 Å². The van der Waals surface area contributed by atoms with Crippen molar-refractivity contribution in [1.29, 1.82) is 0 Å². The van der Waals surface area contributed by atoms with Crippen molar-refractivity contribution in [2.24, 2.45) is 0 Å². The Bertz CT molecular complexity index is 1060. The van der Waals surface area contributed by atoms with Crippen LogP contribution in [-0.2, 0) is 17.6 Å². The van der Waals surface area contributed by atoms with Gasteiger partial charge in [-0.1, -0.05) is 37.6 Å². The molecular weight excluding hydrogens is 414 g/mol. The molecule has 4 rings (SSSR count). The lowest BCUT2D eigenvalue weighted by molar-refractivity contribution is -0.0511. The van der Waals surface area contributed by atoms with Crippen LogP contribution in [0.3, 0.4) is 0 Å². The van der Waals surface area contributed by atoms with Gasteiger partial charge in [0, 0.05) is 6.42 Å². The van der Waals surface area contributed by atoms with Crippen LogP contribution in [0.4, 0.5) is 5.82 Å². The van der Waals surface area contributed by atoms with E-state index in [0.717, 1.165) is 19.3 Å². The van der Waals surface area contributed by atoms with Crippen molar-refractivity contribution in [3.63, 3.8) is 0 Å². The van der Waals surface area contributed by atoms with E-state index in [2.05, 4.69) is 34.0 Å². The molecule has 1 aromatic carbocycles. The van der Waals surface area contributed by atoms with Gasteiger partial charge >= 0.3 is 6.01 Å². The summed E-state index contributed by atoms with van der Waals surface area (Å²) in [6, 6.07) is 8.40. The maximum Gasteiger partial charge on any atom is 0.320 e. The molecule has 0 spiro atoms. The van der Waals surface area contributed by atoms with Gasteiger partial charge in [-0.2, -0.15) is 9.97 Å². The van der Waals surface area contributed by atoms with Crippen molar-refractivity contribution in [3.8, 4) is 6.01 Å². The second kappa shape index (κ2) is 9.78. The smallest absolute Gasteiger partial charge is 0.320 e. The lowest BCUT2D eigenvalue weighted by atomic mass is 10.0. The summed E-state index contributed by atoms with van der Waals surface area (Å²) in [6.45, 7) is 2.12. The number of ether oxygens (including phenoxy) is 2. The van der Waals surface area contributed by atoms with Crippen LogP contribution in [0, 0.1) is 0 Å². The number of hydrogen-bond acceptors (Lipinski definition) is 9. The third-order valence-electron chi connectivity index (χ3n) is 5.74. The molecule has 0 radical (unpaired) electrons. The highest BCUT2D eigenvalue weighted by Gasteiger charge is 2.44. The molecule has 1 aliphatic heterocycles. The first-order chi connectivity index (χ1) is 15.5. The van der Waals surface area contributed by atoms with Gasteiger partial charge in [0.15, 0.2) is 23.2 Å². The van der Waals surface area contributed by atoms with E-state index in [1.807, 2.05) is 12.1 Å². The summed E-state index contributed by atoms with van der Waals surface area (Å²) in [4.78, 5) is 12.8. The zero-order valence-corrected chi connectivity index (χ0v) is 18.0. The molecule has 1 saturated heterocycles. The van der Waals surface area contributed by atoms with Gasteiger partial charge in [0.2, 0.25) is 0 Å². The molecule has 32 heavy (non-hydrogen) atoms. The SMILES string of the molecule is CCCCc1ccccc1CCOc1nc(N)c2ncn([C@@H]3O[C@H](CO)C(O)C3O)c2n1. The van der Waals surface area contributed by atoms with Gasteiger partial charge in [-0.05, 0) is 24.0 Å². The number of hydrogen-bond donors (Lipinski definition) is 4. The molecule has 1 fully saturated rings. The Kier molecular flexibility index (Phi) is 6.85. The van der Waals surface area contributed by atoms with Crippen molar-refractivity contribution < 1.29 is 24.8 Å². The van der Waals surface area contributed by atoms with Gasteiger partial charge in [-0.3, -0.25) is 4.57 Å². The first kappa shape index (κ1) is 22.4. The van der Waals surface area contributed by atoms with Crippen LogP contribution in [0.5, 0.6) is 6.01 Å². The molecule has 3 heterocycles. The fraction of sp³-hybridized carbons (Fsp3) is 0.500. The van der Waals surface area contributed by atoms with E-state index in [0.29, 0.717) is 24.2 Å². The molecular formula is C22H29N5O5. The van der Waals surface area contributed by atoms with E-state index < -0.39 is 31.1 Å². The van der Waals surface area contributed by atoms with E-state index in [9.17, 15) is 15.3 Å². The summed E-state index contributed by atoms with van der Waals surface area (Å²) >= 11 is 0. The monoisotopic (exact) mass is 443 g/mol. The average Bonchev–Trinajstić information content (AvgIpc) is 3.34. The molecule has 10 nitrogen and oxygen atoms in total. The van der Waals surface area contributed by atoms with Crippen molar-refractivity contribution in [2.75, 3.05) is 18.9 Å². The standard InChI is InChI=1S/C22H29N5O5/c1-2-3-6-13-7-4-5-8-14(13)9-10-31-22-25-19(23)16-20(26-22)27(12-24-16)21-18(30)17(29)15(11-28)32-21/h4-5,7-8,12,15,17-18,21,28-30H,2-3,6,9-11H2,1H3,(H2,23,25,26)/t15-,17?,18?,21-/m1/s1. The van der Waals surface area contributed by atoms with Crippen LogP contribution in [0.2, 0.25) is 0 Å². The predicted octanol–water partition coefficient (Wildman–Crippen LogP) is 0.984. The molecule has 172 valence electrons. The number of fused-ring (bicyclic) bond motifs is 1. The number of aliphatic hydroxyl groups excluding tert-OH is 3. The number of anilines is 1. The summed E-state index contributed by atoms with van der Waals surface area (Å²) < 4.78 is 12.8. The Morgan fingerprint density at radius 2 is 1.88 bits per heavy atom. The second-order valence-corrected chi connectivity index (χ2v) is 7.92. The molecule has 1 aliphatic rings. The molecule has 5 N–H and O–H groups in total. The highest BCUT2D eigenvalue weighted by molar-refractivity contribution is 5.82. The zero-order chi connectivity index (χ0) is 22.7. The molecule has 0 saturated carbocycles. The fourth-order valence-electron chi connectivity index (χ4n) is 3.94. The summed E-state index contributed by atoms with van der Waals surface area (Å²) in [5.41, 5.74) is 9.24. The van der Waals surface area contributed by atoms with E-state index in [1.165, 1.54) is 22.0 Å². The number of nitrogen functional groups attached to an aromatic ring is 1. The lowest BCUT2D eigenvalue weighted by Crippen LogP contribution is -2.33. The van der Waals surface area contributed by atoms with Crippen molar-refractivity contribution in [3.05, 3.63) is 41.7 Å². The number of aryl methyl sites for hydroxylation is 1. The molecule has 0 aliphatic carbocycles. The number of imidazole rings is 1. The molecule has 2 unspecified atom stereocenters. The van der Waals surface area contributed by atoms with Gasteiger partial charge in [-0.15, -0.1) is 0 Å². The number of nitrogens with two attached hydrogens (primary N) is 1. The lowest BCUT2D eigenvalue weighted by Gasteiger charge is -2.16. The molecule has 10 heteroatoms. The number of aromatic nitrogens is 4. The van der Waals surface area contributed by atoms with E-state index in [4.69, 9.17) is 15.2 Å². The predicted molar refractivity (Wildman–Crippen MR) is 117 cm³/mol. The minimum Gasteiger partial charge on any atom is -0.463 e. The van der Waals surface area contributed by atoms with Gasteiger partial charge in [0.25, 0.3) is 0 Å². The fourth-order valence-corrected chi connectivity index (χ4v) is 3.94. The van der Waals surface area contributed by atoms with Crippen LogP contribution >= 0.6 is 0 Å². The van der Waals surface area contributed by atoms with E-state index in [1.54, 1.807) is 0 Å². The second-order valence-electron chi connectivity index (χ2n) is 7.92. The number of benzene rings is 1. The Hall–Kier alpha value is -2.79. The van der Waals surface area contributed by atoms with Gasteiger partial charge in [-0.25, -0.2) is 4.98 Å². The van der Waals surface area contributed by atoms with Crippen molar-refractivity contribution in [1.82, 2.24) is 19.5 Å². The average molecular weight is 444 g/mol. The third kappa shape index (κ3) is 4.40. The molecule has 3 aromatic rings. The minimum atomic E-state index is -1.26. The Morgan fingerprint density at radius 1 is 1.12 bits per heavy atom.